The highest BCUT2D eigenvalue weighted by Gasteiger charge is 2.26. The molecule has 25 heavy (non-hydrogen) atoms. The molecule has 0 saturated heterocycles. The summed E-state index contributed by atoms with van der Waals surface area (Å²) in [5, 5.41) is 3.01. The molecule has 6 heteroatoms. The number of rotatable bonds is 4. The van der Waals surface area contributed by atoms with Gasteiger partial charge in [-0.3, -0.25) is 4.79 Å². The number of hydrogen-bond acceptors (Lipinski definition) is 4. The van der Waals surface area contributed by atoms with Crippen molar-refractivity contribution in [1.29, 1.82) is 0 Å². The maximum atomic E-state index is 12.7. The SMILES string of the molecule is CSc1ccc(NC(=O)C(C)N2CCCc3c(N)cccc32)cc1.Cl. The summed E-state index contributed by atoms with van der Waals surface area (Å²) in [5.41, 5.74) is 9.99. The van der Waals surface area contributed by atoms with Crippen LogP contribution in [0, 0.1) is 0 Å². The number of nitrogens with one attached hydrogen (secondary N) is 1. The Balaban J connectivity index is 0.00000225. The molecule has 134 valence electrons. The van der Waals surface area contributed by atoms with Crippen LogP contribution in [0.15, 0.2) is 47.4 Å². The van der Waals surface area contributed by atoms with Crippen LogP contribution in [0.1, 0.15) is 18.9 Å². The number of benzene rings is 2. The van der Waals surface area contributed by atoms with Crippen molar-refractivity contribution in [2.45, 2.75) is 30.7 Å². The first-order chi connectivity index (χ1) is 11.6. The van der Waals surface area contributed by atoms with Gasteiger partial charge in [-0.1, -0.05) is 6.07 Å². The molecule has 0 aromatic heterocycles. The second kappa shape index (κ2) is 8.50. The molecule has 1 aliphatic heterocycles. The zero-order chi connectivity index (χ0) is 17.1. The zero-order valence-corrected chi connectivity index (χ0v) is 16.1. The number of carbonyl (C=O) groups excluding carboxylic acids is 1. The smallest absolute Gasteiger partial charge is 0.246 e. The Morgan fingerprint density at radius 3 is 2.64 bits per heavy atom. The van der Waals surface area contributed by atoms with Gasteiger partial charge in [-0.2, -0.15) is 0 Å². The Morgan fingerprint density at radius 2 is 1.96 bits per heavy atom. The van der Waals surface area contributed by atoms with E-state index < -0.39 is 0 Å². The highest BCUT2D eigenvalue weighted by atomic mass is 35.5. The monoisotopic (exact) mass is 377 g/mol. The van der Waals surface area contributed by atoms with Crippen LogP contribution in [0.3, 0.4) is 0 Å². The lowest BCUT2D eigenvalue weighted by Gasteiger charge is -2.36. The third-order valence-corrected chi connectivity index (χ3v) is 5.27. The van der Waals surface area contributed by atoms with E-state index in [9.17, 15) is 4.79 Å². The first-order valence-electron chi connectivity index (χ1n) is 8.19. The van der Waals surface area contributed by atoms with E-state index in [1.54, 1.807) is 11.8 Å². The molecule has 2 aromatic rings. The summed E-state index contributed by atoms with van der Waals surface area (Å²) in [7, 11) is 0. The third kappa shape index (κ3) is 4.22. The molecule has 2 aromatic carbocycles. The van der Waals surface area contributed by atoms with E-state index in [2.05, 4.69) is 16.3 Å². The van der Waals surface area contributed by atoms with Gasteiger partial charge in [-0.15, -0.1) is 24.2 Å². The maximum absolute atomic E-state index is 12.7. The number of hydrogen-bond donors (Lipinski definition) is 2. The van der Waals surface area contributed by atoms with Crippen LogP contribution >= 0.6 is 24.2 Å². The number of carbonyl (C=O) groups is 1. The van der Waals surface area contributed by atoms with Gasteiger partial charge in [-0.25, -0.2) is 0 Å². The Kier molecular flexibility index (Phi) is 6.62. The maximum Gasteiger partial charge on any atom is 0.246 e. The molecule has 0 bridgehead atoms. The van der Waals surface area contributed by atoms with Gasteiger partial charge in [0.2, 0.25) is 5.91 Å². The van der Waals surface area contributed by atoms with Gasteiger partial charge in [0.05, 0.1) is 0 Å². The van der Waals surface area contributed by atoms with Crippen LogP contribution in [0.5, 0.6) is 0 Å². The van der Waals surface area contributed by atoms with Crippen molar-refractivity contribution in [3.8, 4) is 0 Å². The van der Waals surface area contributed by atoms with Crippen molar-refractivity contribution in [2.75, 3.05) is 28.8 Å². The van der Waals surface area contributed by atoms with Crippen LogP contribution in [0.2, 0.25) is 0 Å². The van der Waals surface area contributed by atoms with Crippen LogP contribution in [-0.2, 0) is 11.2 Å². The third-order valence-electron chi connectivity index (χ3n) is 4.53. The van der Waals surface area contributed by atoms with E-state index in [4.69, 9.17) is 5.73 Å². The van der Waals surface area contributed by atoms with Crippen LogP contribution in [0.4, 0.5) is 17.1 Å². The summed E-state index contributed by atoms with van der Waals surface area (Å²) in [6.07, 6.45) is 4.03. The number of nitrogens with two attached hydrogens (primary N) is 1. The minimum absolute atomic E-state index is 0. The van der Waals surface area contributed by atoms with Crippen molar-refractivity contribution in [3.63, 3.8) is 0 Å². The largest absolute Gasteiger partial charge is 0.398 e. The van der Waals surface area contributed by atoms with E-state index in [0.29, 0.717) is 0 Å². The van der Waals surface area contributed by atoms with E-state index in [1.165, 1.54) is 4.90 Å². The van der Waals surface area contributed by atoms with E-state index >= 15 is 0 Å². The number of fused-ring (bicyclic) bond motifs is 1. The van der Waals surface area contributed by atoms with Crippen molar-refractivity contribution in [2.24, 2.45) is 0 Å². The number of thioether (sulfide) groups is 1. The second-order valence-corrected chi connectivity index (χ2v) is 6.92. The van der Waals surface area contributed by atoms with Crippen LogP contribution < -0.4 is 16.0 Å². The fourth-order valence-corrected chi connectivity index (χ4v) is 3.55. The fourth-order valence-electron chi connectivity index (χ4n) is 3.14. The van der Waals surface area contributed by atoms with Crippen molar-refractivity contribution in [3.05, 3.63) is 48.0 Å². The molecule has 4 nitrogen and oxygen atoms in total. The topological polar surface area (TPSA) is 58.4 Å². The molecule has 3 rings (SSSR count). The number of nitrogens with zero attached hydrogens (tertiary/aromatic N) is 1. The number of nitrogen functional groups attached to an aromatic ring is 1. The Hall–Kier alpha value is -1.85. The summed E-state index contributed by atoms with van der Waals surface area (Å²) >= 11 is 1.69. The van der Waals surface area contributed by atoms with Gasteiger partial charge in [-0.05, 0) is 68.0 Å². The lowest BCUT2D eigenvalue weighted by atomic mass is 9.98. The molecule has 1 amide bonds. The summed E-state index contributed by atoms with van der Waals surface area (Å²) < 4.78 is 0. The fraction of sp³-hybridized carbons (Fsp3) is 0.316. The van der Waals surface area contributed by atoms with Gasteiger partial charge in [0.15, 0.2) is 0 Å². The number of halogens is 1. The predicted molar refractivity (Wildman–Crippen MR) is 110 cm³/mol. The highest BCUT2D eigenvalue weighted by molar-refractivity contribution is 7.98. The lowest BCUT2D eigenvalue weighted by Crippen LogP contribution is -2.44. The molecule has 0 radical (unpaired) electrons. The normalized spacial score (nSPS) is 14.2. The molecule has 3 N–H and O–H groups in total. The number of anilines is 3. The van der Waals surface area contributed by atoms with Gasteiger partial charge < -0.3 is 16.0 Å². The van der Waals surface area contributed by atoms with E-state index in [1.807, 2.05) is 49.6 Å². The Morgan fingerprint density at radius 1 is 1.24 bits per heavy atom. The zero-order valence-electron chi connectivity index (χ0n) is 14.5. The van der Waals surface area contributed by atoms with Crippen molar-refractivity contribution in [1.82, 2.24) is 0 Å². The van der Waals surface area contributed by atoms with E-state index in [-0.39, 0.29) is 24.4 Å². The minimum atomic E-state index is -0.244. The summed E-state index contributed by atoms with van der Waals surface area (Å²) in [5.74, 6) is 0.00201. The van der Waals surface area contributed by atoms with Gasteiger partial charge in [0, 0.05) is 28.5 Å². The van der Waals surface area contributed by atoms with Gasteiger partial charge >= 0.3 is 0 Å². The summed E-state index contributed by atoms with van der Waals surface area (Å²) in [6, 6.07) is 13.6. The minimum Gasteiger partial charge on any atom is -0.398 e. The average molecular weight is 378 g/mol. The first-order valence-corrected chi connectivity index (χ1v) is 9.41. The second-order valence-electron chi connectivity index (χ2n) is 6.04. The van der Waals surface area contributed by atoms with Crippen molar-refractivity contribution < 1.29 is 4.79 Å². The Bertz CT molecular complexity index is 736. The molecule has 1 heterocycles. The standard InChI is InChI=1S/C19H23N3OS.ClH/c1-13(19(23)21-14-8-10-15(24-2)11-9-14)22-12-4-5-16-17(20)6-3-7-18(16)22;/h3,6-11,13H,4-5,12,20H2,1-2H3,(H,21,23);1H. The predicted octanol–water partition coefficient (Wildman–Crippen LogP) is 4.19. The summed E-state index contributed by atoms with van der Waals surface area (Å²) in [6.45, 7) is 2.82. The molecule has 0 aliphatic carbocycles. The number of amides is 1. The first kappa shape index (κ1) is 19.5. The quantitative estimate of drug-likeness (QED) is 0.619. The molecule has 0 fully saturated rings. The van der Waals surface area contributed by atoms with Gasteiger partial charge in [0.25, 0.3) is 0 Å². The molecular weight excluding hydrogens is 354 g/mol. The molecule has 1 atom stereocenters. The molecule has 1 unspecified atom stereocenters. The van der Waals surface area contributed by atoms with Crippen molar-refractivity contribution >= 4 is 47.1 Å². The van der Waals surface area contributed by atoms with Crippen LogP contribution in [-0.4, -0.2) is 24.7 Å². The highest BCUT2D eigenvalue weighted by Crippen LogP contribution is 2.32. The molecule has 1 aliphatic rings. The Labute approximate surface area is 159 Å². The lowest BCUT2D eigenvalue weighted by molar-refractivity contribution is -0.117. The van der Waals surface area contributed by atoms with E-state index in [0.717, 1.165) is 42.0 Å². The molecule has 0 saturated carbocycles. The van der Waals surface area contributed by atoms with Crippen LogP contribution in [0.25, 0.3) is 0 Å². The van der Waals surface area contributed by atoms with Gasteiger partial charge in [0.1, 0.15) is 6.04 Å². The summed E-state index contributed by atoms with van der Waals surface area (Å²) in [4.78, 5) is 16.0. The molecular formula is C19H24ClN3OS. The average Bonchev–Trinajstić information content (AvgIpc) is 2.61. The molecule has 0 spiro atoms.